The quantitative estimate of drug-likeness (QED) is 0.308. The van der Waals surface area contributed by atoms with Gasteiger partial charge in [0.1, 0.15) is 0 Å². The van der Waals surface area contributed by atoms with Crippen molar-refractivity contribution in [1.82, 2.24) is 0 Å². The summed E-state index contributed by atoms with van der Waals surface area (Å²) in [6.45, 7) is 0. The molecule has 44 heavy (non-hydrogen) atoms. The van der Waals surface area contributed by atoms with Crippen LogP contribution in [0.2, 0.25) is 0 Å². The molecule has 0 saturated carbocycles. The fourth-order valence-corrected chi connectivity index (χ4v) is 0. The van der Waals surface area contributed by atoms with E-state index in [0.29, 0.717) is 0 Å². The zero-order chi connectivity index (χ0) is 0. The standard InChI is InChI=1S/CH3.43Y/h1H3;;;;;;;;;;;;;;;;;;;;;;;;;;;;;;;;;;;;;;;;;;;/q-1;;;;;;;;;;;;;;;;;;;;;;;;;;;;;;;;;;;;;;;;;;;. The van der Waals surface area contributed by atoms with Gasteiger partial charge in [-0.15, -0.1) is 0 Å². The summed E-state index contributed by atoms with van der Waals surface area (Å²) in [7, 11) is 0. The molecule has 0 atom stereocenters. The van der Waals surface area contributed by atoms with Crippen LogP contribution in [0.3, 0.4) is 0 Å². The van der Waals surface area contributed by atoms with Gasteiger partial charge in [-0.3, -0.25) is 0 Å². The molecule has 0 aliphatic carbocycles. The first-order valence-electron chi connectivity index (χ1n) is 0. The van der Waals surface area contributed by atoms with Crippen LogP contribution in [0.4, 0.5) is 0 Å². The van der Waals surface area contributed by atoms with Gasteiger partial charge in [-0.2, -0.15) is 0 Å². The van der Waals surface area contributed by atoms with Crippen molar-refractivity contribution in [1.29, 1.82) is 0 Å². The van der Waals surface area contributed by atoms with Crippen molar-refractivity contribution in [2.45, 2.75) is 0 Å². The molecule has 0 aromatic carbocycles. The Balaban J connectivity index is 0. The van der Waals surface area contributed by atoms with E-state index in [0.717, 1.165) is 0 Å². The SMILES string of the molecule is [CH3-].[Y].[Y].[Y].[Y].[Y].[Y].[Y].[Y].[Y].[Y].[Y].[Y].[Y].[Y].[Y].[Y].[Y].[Y].[Y].[Y].[Y].[Y].[Y].[Y].[Y].[Y].[Y].[Y].[Y].[Y].[Y].[Y].[Y].[Y].[Y].[Y].[Y].[Y].[Y].[Y].[Y].[Y].[Y]. The summed E-state index contributed by atoms with van der Waals surface area (Å²) in [5, 5.41) is 0. The minimum atomic E-state index is 0. The van der Waals surface area contributed by atoms with Crippen molar-refractivity contribution in [2.75, 3.05) is 0 Å². The van der Waals surface area contributed by atoms with E-state index >= 15 is 0 Å². The number of hydrogen-bond donors (Lipinski definition) is 0. The molecule has 43 radical (unpaired) electrons. The molecule has 0 aliphatic rings. The Bertz CT molecular complexity index is 6.89. The van der Waals surface area contributed by atoms with Gasteiger partial charge in [0, 0.05) is 1410 Å². The smallest absolute Gasteiger partial charge is 0 e. The van der Waals surface area contributed by atoms with E-state index in [1.165, 1.54) is 0 Å². The van der Waals surface area contributed by atoms with Crippen molar-refractivity contribution >= 4 is 0 Å². The molecule has 0 aromatic rings. The van der Waals surface area contributed by atoms with Crippen molar-refractivity contribution in [2.24, 2.45) is 0 Å². The van der Waals surface area contributed by atoms with Crippen LogP contribution in [-0.4, -0.2) is 0 Å². The summed E-state index contributed by atoms with van der Waals surface area (Å²) in [5.41, 5.74) is 0. The molecule has 0 amide bonds. The molecule has 0 spiro atoms. The molecule has 137 valence electrons. The molecular weight excluding hydrogens is 3830 g/mol. The van der Waals surface area contributed by atoms with Gasteiger partial charge in [0.25, 0.3) is 0 Å². The van der Waals surface area contributed by atoms with E-state index in [-0.39, 0.29) is 1410 Å². The van der Waals surface area contributed by atoms with E-state index in [4.69, 9.17) is 0 Å². The van der Waals surface area contributed by atoms with E-state index in [1.807, 2.05) is 0 Å². The Morgan fingerprint density at radius 3 is 0.0455 bits per heavy atom. The van der Waals surface area contributed by atoms with E-state index in [2.05, 4.69) is 0 Å². The fourth-order valence-electron chi connectivity index (χ4n) is 0. The molecule has 0 saturated heterocycles. The van der Waals surface area contributed by atoms with Crippen LogP contribution >= 0.6 is 0 Å². The third-order valence-corrected chi connectivity index (χ3v) is 0. The summed E-state index contributed by atoms with van der Waals surface area (Å²) >= 11 is 0. The fraction of sp³-hybridized carbons (Fsp3) is 0. The van der Waals surface area contributed by atoms with Gasteiger partial charge in [0.2, 0.25) is 0 Å². The zero-order valence-corrected chi connectivity index (χ0v) is 148. The number of hydrogen-bond acceptors (Lipinski definition) is 0. The average Bonchev–Trinajstić information content (AvgIpc) is 0. The molecule has 0 unspecified atom stereocenters. The summed E-state index contributed by atoms with van der Waals surface area (Å²) < 4.78 is 0. The Morgan fingerprint density at radius 2 is 0.0455 bits per heavy atom. The topological polar surface area (TPSA) is 0 Å². The Labute approximate surface area is 1360 Å². The Hall–Kier alpha value is 47.5. The van der Waals surface area contributed by atoms with Crippen molar-refractivity contribution in [3.63, 3.8) is 0 Å². The van der Waals surface area contributed by atoms with Crippen molar-refractivity contribution in [3.8, 4) is 0 Å². The van der Waals surface area contributed by atoms with Crippen LogP contribution in [0.15, 0.2) is 0 Å². The third kappa shape index (κ3) is 311. The first kappa shape index (κ1) is 332. The summed E-state index contributed by atoms with van der Waals surface area (Å²) in [4.78, 5) is 0. The average molecular weight is 3840 g/mol. The van der Waals surface area contributed by atoms with Gasteiger partial charge in [0.05, 0.1) is 0 Å². The van der Waals surface area contributed by atoms with E-state index < -0.39 is 0 Å². The van der Waals surface area contributed by atoms with Crippen molar-refractivity contribution < 1.29 is 1410 Å². The summed E-state index contributed by atoms with van der Waals surface area (Å²) in [5.74, 6) is 0. The molecule has 0 aliphatic heterocycles. The van der Waals surface area contributed by atoms with Gasteiger partial charge in [-0.1, -0.05) is 0 Å². The van der Waals surface area contributed by atoms with Gasteiger partial charge >= 0.3 is 0 Å². The minimum Gasteiger partial charge on any atom is -0.358 e. The Kier molecular flexibility index (Phi) is 2430. The Morgan fingerprint density at radius 1 is 0.0455 bits per heavy atom. The van der Waals surface area contributed by atoms with Crippen LogP contribution in [0.25, 0.3) is 0 Å². The van der Waals surface area contributed by atoms with E-state index in [9.17, 15) is 0 Å². The predicted octanol–water partition coefficient (Wildman–Crippen LogP) is 0.343. The summed E-state index contributed by atoms with van der Waals surface area (Å²) in [6, 6.07) is 0. The van der Waals surface area contributed by atoms with Crippen LogP contribution < -0.4 is 0 Å². The zero-order valence-electron chi connectivity index (χ0n) is 25.8. The molecule has 0 N–H and O–H groups in total. The normalized spacial score (nSPS) is 0. The second-order valence-electron chi connectivity index (χ2n) is 0. The van der Waals surface area contributed by atoms with E-state index in [1.54, 1.807) is 0 Å². The van der Waals surface area contributed by atoms with Crippen molar-refractivity contribution in [3.05, 3.63) is 7.43 Å². The number of rotatable bonds is 0. The molecule has 43 heteroatoms. The molecule has 0 bridgehead atoms. The maximum absolute atomic E-state index is 0. The van der Waals surface area contributed by atoms with Crippen LogP contribution in [0.5, 0.6) is 0 Å². The van der Waals surface area contributed by atoms with Gasteiger partial charge in [-0.25, -0.2) is 0 Å². The molecule has 0 nitrogen and oxygen atoms in total. The molecule has 0 rings (SSSR count). The maximum atomic E-state index is 0. The minimum absolute atomic E-state index is 0. The van der Waals surface area contributed by atoms with Gasteiger partial charge in [-0.05, 0) is 0 Å². The first-order valence-corrected chi connectivity index (χ1v) is 0. The molecule has 0 aromatic heterocycles. The molecule has 0 fully saturated rings. The van der Waals surface area contributed by atoms with Crippen LogP contribution in [0.1, 0.15) is 0 Å². The maximum Gasteiger partial charge on any atom is 0 e. The monoisotopic (exact) mass is 3840 g/mol. The first-order chi connectivity index (χ1) is 0. The van der Waals surface area contributed by atoms with Crippen LogP contribution in [0, 0.1) is 7.43 Å². The van der Waals surface area contributed by atoms with Gasteiger partial charge < -0.3 is 7.43 Å². The van der Waals surface area contributed by atoms with Crippen LogP contribution in [-0.2, 0) is 1410 Å². The second kappa shape index (κ2) is 321. The molecule has 0 heterocycles. The second-order valence-corrected chi connectivity index (χ2v) is 0. The largest absolute Gasteiger partial charge is 0.358 e. The third-order valence-electron chi connectivity index (χ3n) is 0. The predicted molar refractivity (Wildman–Crippen MR) is 6.41 cm³/mol. The van der Waals surface area contributed by atoms with Gasteiger partial charge in [0.15, 0.2) is 0 Å². The summed E-state index contributed by atoms with van der Waals surface area (Å²) in [6.07, 6.45) is 0. The molecular formula is CH3Y43-.